The maximum absolute atomic E-state index is 10.2. The molecule has 2 heterocycles. The molecule has 2 aromatic rings. The van der Waals surface area contributed by atoms with Crippen molar-refractivity contribution in [1.82, 2.24) is 24.9 Å². The summed E-state index contributed by atoms with van der Waals surface area (Å²) >= 11 is 3.50. The normalized spacial score (nSPS) is 25.6. The lowest BCUT2D eigenvalue weighted by Gasteiger charge is -2.15. The predicted molar refractivity (Wildman–Crippen MR) is 82.5 cm³/mol. The first-order chi connectivity index (χ1) is 10.1. The van der Waals surface area contributed by atoms with Crippen molar-refractivity contribution in [1.29, 1.82) is 0 Å². The SMILES string of the molecule is Cn1cc(Br)c(CN[C@@H]2CC(Cn3cccn3)C[C@H]2O)n1. The molecule has 21 heavy (non-hydrogen) atoms. The maximum Gasteiger partial charge on any atom is 0.0904 e. The summed E-state index contributed by atoms with van der Waals surface area (Å²) in [6.07, 6.45) is 7.18. The molecule has 0 saturated heterocycles. The van der Waals surface area contributed by atoms with E-state index in [1.165, 1.54) is 0 Å². The number of nitrogens with zero attached hydrogens (tertiary/aromatic N) is 4. The molecule has 0 spiro atoms. The van der Waals surface area contributed by atoms with Crippen LogP contribution in [0.1, 0.15) is 18.5 Å². The molecule has 6 nitrogen and oxygen atoms in total. The Hall–Kier alpha value is -1.18. The summed E-state index contributed by atoms with van der Waals surface area (Å²) < 4.78 is 4.72. The molecule has 1 unspecified atom stereocenters. The lowest BCUT2D eigenvalue weighted by molar-refractivity contribution is 0.145. The highest BCUT2D eigenvalue weighted by atomic mass is 79.9. The second-order valence-corrected chi connectivity index (χ2v) is 6.57. The van der Waals surface area contributed by atoms with Crippen molar-refractivity contribution < 1.29 is 5.11 Å². The summed E-state index contributed by atoms with van der Waals surface area (Å²) in [5.41, 5.74) is 0.972. The molecule has 0 aromatic carbocycles. The minimum Gasteiger partial charge on any atom is -0.391 e. The van der Waals surface area contributed by atoms with Crippen LogP contribution in [0, 0.1) is 5.92 Å². The molecule has 2 aromatic heterocycles. The van der Waals surface area contributed by atoms with Gasteiger partial charge in [0.2, 0.25) is 0 Å². The molecule has 0 bridgehead atoms. The number of halogens is 1. The number of aliphatic hydroxyl groups is 1. The van der Waals surface area contributed by atoms with Crippen LogP contribution in [0.3, 0.4) is 0 Å². The third kappa shape index (κ3) is 3.53. The summed E-state index contributed by atoms with van der Waals surface area (Å²) in [5.74, 6) is 0.463. The molecule has 0 amide bonds. The maximum atomic E-state index is 10.2. The molecule has 1 fully saturated rings. The fourth-order valence-corrected chi connectivity index (χ4v) is 3.53. The fourth-order valence-electron chi connectivity index (χ4n) is 3.01. The van der Waals surface area contributed by atoms with E-state index in [4.69, 9.17) is 0 Å². The number of aromatic nitrogens is 4. The van der Waals surface area contributed by atoms with Gasteiger partial charge in [0.25, 0.3) is 0 Å². The van der Waals surface area contributed by atoms with Crippen molar-refractivity contribution in [3.8, 4) is 0 Å². The van der Waals surface area contributed by atoms with E-state index in [0.29, 0.717) is 12.5 Å². The quantitative estimate of drug-likeness (QED) is 0.850. The predicted octanol–water partition coefficient (Wildman–Crippen LogP) is 1.31. The van der Waals surface area contributed by atoms with Gasteiger partial charge in [0, 0.05) is 44.8 Å². The highest BCUT2D eigenvalue weighted by molar-refractivity contribution is 9.10. The second-order valence-electron chi connectivity index (χ2n) is 5.72. The van der Waals surface area contributed by atoms with E-state index in [9.17, 15) is 5.11 Å². The van der Waals surface area contributed by atoms with Crippen LogP contribution < -0.4 is 5.32 Å². The van der Waals surface area contributed by atoms with E-state index >= 15 is 0 Å². The molecule has 2 N–H and O–H groups in total. The first-order valence-electron chi connectivity index (χ1n) is 7.18. The Morgan fingerprint density at radius 1 is 1.48 bits per heavy atom. The van der Waals surface area contributed by atoms with Crippen LogP contribution in [0.2, 0.25) is 0 Å². The number of hydrogen-bond acceptors (Lipinski definition) is 4. The second kappa shape index (κ2) is 6.29. The van der Waals surface area contributed by atoms with Crippen LogP contribution in [-0.4, -0.2) is 36.8 Å². The van der Waals surface area contributed by atoms with Gasteiger partial charge in [-0.15, -0.1) is 0 Å². The van der Waals surface area contributed by atoms with E-state index in [2.05, 4.69) is 31.4 Å². The summed E-state index contributed by atoms with van der Waals surface area (Å²) in [6, 6.07) is 2.05. The lowest BCUT2D eigenvalue weighted by Crippen LogP contribution is -2.35. The van der Waals surface area contributed by atoms with E-state index in [1.807, 2.05) is 30.2 Å². The van der Waals surface area contributed by atoms with Crippen LogP contribution >= 0.6 is 15.9 Å². The summed E-state index contributed by atoms with van der Waals surface area (Å²) in [4.78, 5) is 0. The Labute approximate surface area is 132 Å². The molecule has 3 atom stereocenters. The highest BCUT2D eigenvalue weighted by Gasteiger charge is 2.33. The Balaban J connectivity index is 1.53. The van der Waals surface area contributed by atoms with E-state index in [0.717, 1.165) is 29.6 Å². The number of rotatable bonds is 5. The van der Waals surface area contributed by atoms with Gasteiger partial charge in [-0.1, -0.05) is 0 Å². The van der Waals surface area contributed by atoms with Crippen LogP contribution in [0.25, 0.3) is 0 Å². The Kier molecular flexibility index (Phi) is 4.42. The molecule has 0 aliphatic heterocycles. The highest BCUT2D eigenvalue weighted by Crippen LogP contribution is 2.28. The molecule has 3 rings (SSSR count). The molecule has 114 valence electrons. The van der Waals surface area contributed by atoms with Crippen LogP contribution in [0.4, 0.5) is 0 Å². The zero-order valence-corrected chi connectivity index (χ0v) is 13.6. The van der Waals surface area contributed by atoms with Crippen molar-refractivity contribution in [3.05, 3.63) is 34.8 Å². The van der Waals surface area contributed by atoms with E-state index in [1.54, 1.807) is 10.9 Å². The number of aliphatic hydroxyl groups excluding tert-OH is 1. The van der Waals surface area contributed by atoms with E-state index in [-0.39, 0.29) is 12.1 Å². The number of hydrogen-bond donors (Lipinski definition) is 2. The summed E-state index contributed by atoms with van der Waals surface area (Å²) in [7, 11) is 1.90. The van der Waals surface area contributed by atoms with E-state index < -0.39 is 0 Å². The van der Waals surface area contributed by atoms with Crippen molar-refractivity contribution in [3.63, 3.8) is 0 Å². The fraction of sp³-hybridized carbons (Fsp3) is 0.571. The first-order valence-corrected chi connectivity index (χ1v) is 7.98. The zero-order chi connectivity index (χ0) is 14.8. The third-order valence-corrected chi connectivity index (χ3v) is 4.68. The van der Waals surface area contributed by atoms with Gasteiger partial charge in [-0.2, -0.15) is 10.2 Å². The van der Waals surface area contributed by atoms with Crippen molar-refractivity contribution in [2.24, 2.45) is 13.0 Å². The third-order valence-electron chi connectivity index (χ3n) is 4.02. The molecule has 7 heteroatoms. The molecular weight excluding hydrogens is 334 g/mol. The Bertz CT molecular complexity index is 582. The monoisotopic (exact) mass is 353 g/mol. The van der Waals surface area contributed by atoms with Crippen molar-refractivity contribution in [2.75, 3.05) is 0 Å². The molecule has 1 aliphatic rings. The van der Waals surface area contributed by atoms with Gasteiger partial charge in [0.05, 0.1) is 16.3 Å². The van der Waals surface area contributed by atoms with Gasteiger partial charge in [-0.05, 0) is 40.8 Å². The van der Waals surface area contributed by atoms with Gasteiger partial charge in [-0.3, -0.25) is 9.36 Å². The topological polar surface area (TPSA) is 67.9 Å². The molecule has 1 aliphatic carbocycles. The molecule has 1 saturated carbocycles. The minimum atomic E-state index is -0.298. The Morgan fingerprint density at radius 2 is 2.33 bits per heavy atom. The van der Waals surface area contributed by atoms with Gasteiger partial charge in [0.15, 0.2) is 0 Å². The molecule has 0 radical (unpaired) electrons. The van der Waals surface area contributed by atoms with Crippen LogP contribution in [-0.2, 0) is 20.1 Å². The number of aryl methyl sites for hydroxylation is 1. The lowest BCUT2D eigenvalue weighted by atomic mass is 10.1. The van der Waals surface area contributed by atoms with Gasteiger partial charge < -0.3 is 10.4 Å². The van der Waals surface area contributed by atoms with Crippen LogP contribution in [0.15, 0.2) is 29.1 Å². The van der Waals surface area contributed by atoms with Gasteiger partial charge >= 0.3 is 0 Å². The standard InChI is InChI=1S/C14H20BrN5O/c1-19-9-11(15)13(18-19)7-16-12-5-10(6-14(12)21)8-20-4-2-3-17-20/h2-4,9-10,12,14,16,21H,5-8H2,1H3/t10?,12-,14-/m1/s1. The average Bonchev–Trinajstić information content (AvgIpc) is 3.11. The minimum absolute atomic E-state index is 0.125. The average molecular weight is 354 g/mol. The van der Waals surface area contributed by atoms with Crippen molar-refractivity contribution in [2.45, 2.75) is 38.1 Å². The molecular formula is C14H20BrN5O. The number of nitrogens with one attached hydrogen (secondary N) is 1. The van der Waals surface area contributed by atoms with Gasteiger partial charge in [-0.25, -0.2) is 0 Å². The largest absolute Gasteiger partial charge is 0.391 e. The van der Waals surface area contributed by atoms with Gasteiger partial charge in [0.1, 0.15) is 0 Å². The smallest absolute Gasteiger partial charge is 0.0904 e. The summed E-state index contributed by atoms with van der Waals surface area (Å²) in [5, 5.41) is 22.3. The van der Waals surface area contributed by atoms with Crippen LogP contribution in [0.5, 0.6) is 0 Å². The Morgan fingerprint density at radius 3 is 3.00 bits per heavy atom. The first kappa shape index (κ1) is 14.7. The summed E-state index contributed by atoms with van der Waals surface area (Å²) in [6.45, 7) is 1.53. The van der Waals surface area contributed by atoms with Crippen molar-refractivity contribution >= 4 is 15.9 Å². The zero-order valence-electron chi connectivity index (χ0n) is 12.0.